The summed E-state index contributed by atoms with van der Waals surface area (Å²) in [5.74, 6) is -0.793. The number of rotatable bonds is 4. The van der Waals surface area contributed by atoms with Crippen molar-refractivity contribution in [2.45, 2.75) is 20.1 Å². The van der Waals surface area contributed by atoms with Crippen molar-refractivity contribution in [3.63, 3.8) is 0 Å². The van der Waals surface area contributed by atoms with Gasteiger partial charge in [-0.05, 0) is 56.3 Å². The summed E-state index contributed by atoms with van der Waals surface area (Å²) in [6.07, 6.45) is -0.773. The number of benzene rings is 2. The van der Waals surface area contributed by atoms with Crippen LogP contribution >= 0.6 is 0 Å². The molecule has 0 spiro atoms. The minimum Gasteiger partial charge on any atom is -0.344 e. The van der Waals surface area contributed by atoms with Crippen molar-refractivity contribution in [3.8, 4) is 0 Å². The summed E-state index contributed by atoms with van der Waals surface area (Å²) in [6.45, 7) is 6.74. The van der Waals surface area contributed by atoms with Gasteiger partial charge in [0.05, 0.1) is 0 Å². The van der Waals surface area contributed by atoms with Gasteiger partial charge in [0.15, 0.2) is 6.23 Å². The Morgan fingerprint density at radius 3 is 2.50 bits per heavy atom. The first-order valence-electron chi connectivity index (χ1n) is 10.1. The first kappa shape index (κ1) is 20.5. The van der Waals surface area contributed by atoms with Crippen LogP contribution in [0.4, 0.5) is 10.1 Å². The number of likely N-dealkylation sites (N-methyl/N-ethyl adjacent to an activating group) is 1. The van der Waals surface area contributed by atoms with Crippen LogP contribution in [0.25, 0.3) is 0 Å². The van der Waals surface area contributed by atoms with Crippen molar-refractivity contribution < 1.29 is 18.7 Å². The lowest BCUT2D eigenvalue weighted by Crippen LogP contribution is -2.48. The molecule has 0 N–H and O–H groups in total. The van der Waals surface area contributed by atoms with Gasteiger partial charge in [-0.3, -0.25) is 14.5 Å². The maximum absolute atomic E-state index is 13.9. The lowest BCUT2D eigenvalue weighted by molar-refractivity contribution is -0.139. The number of aryl methyl sites for hydroxylation is 2. The molecule has 0 radical (unpaired) electrons. The fraction of sp³-hybridized carbons (Fsp3) is 0.391. The van der Waals surface area contributed by atoms with E-state index in [0.29, 0.717) is 29.9 Å². The third-order valence-corrected chi connectivity index (χ3v) is 5.92. The molecule has 1 fully saturated rings. The molecule has 0 saturated carbocycles. The van der Waals surface area contributed by atoms with Crippen LogP contribution in [0.2, 0.25) is 0 Å². The number of fused-ring (bicyclic) bond motifs is 1. The Morgan fingerprint density at radius 1 is 1.10 bits per heavy atom. The highest BCUT2D eigenvalue weighted by Crippen LogP contribution is 2.39. The number of hydrogen-bond donors (Lipinski definition) is 0. The Kier molecular flexibility index (Phi) is 5.58. The van der Waals surface area contributed by atoms with Crippen LogP contribution in [-0.2, 0) is 9.53 Å². The van der Waals surface area contributed by atoms with Crippen molar-refractivity contribution in [1.29, 1.82) is 0 Å². The average molecular weight is 411 g/mol. The van der Waals surface area contributed by atoms with E-state index in [0.717, 1.165) is 24.2 Å². The highest BCUT2D eigenvalue weighted by Gasteiger charge is 2.39. The monoisotopic (exact) mass is 411 g/mol. The van der Waals surface area contributed by atoms with Gasteiger partial charge in [0.25, 0.3) is 5.91 Å². The first-order valence-corrected chi connectivity index (χ1v) is 10.1. The van der Waals surface area contributed by atoms with Gasteiger partial charge in [0, 0.05) is 43.0 Å². The van der Waals surface area contributed by atoms with Gasteiger partial charge in [0.1, 0.15) is 12.4 Å². The fourth-order valence-electron chi connectivity index (χ4n) is 3.94. The summed E-state index contributed by atoms with van der Waals surface area (Å²) >= 11 is 0. The Balaban J connectivity index is 1.61. The second-order valence-electron chi connectivity index (χ2n) is 8.03. The van der Waals surface area contributed by atoms with Crippen molar-refractivity contribution in [1.82, 2.24) is 9.80 Å². The van der Waals surface area contributed by atoms with E-state index in [1.807, 2.05) is 33.0 Å². The zero-order valence-electron chi connectivity index (χ0n) is 17.5. The molecule has 0 bridgehead atoms. The van der Waals surface area contributed by atoms with E-state index in [1.165, 1.54) is 17.0 Å². The number of amides is 2. The number of hydrogen-bond acceptors (Lipinski definition) is 4. The predicted molar refractivity (Wildman–Crippen MR) is 112 cm³/mol. The van der Waals surface area contributed by atoms with E-state index in [-0.39, 0.29) is 18.4 Å². The number of nitrogens with zero attached hydrogens (tertiary/aromatic N) is 3. The molecule has 2 amide bonds. The predicted octanol–water partition coefficient (Wildman–Crippen LogP) is 2.89. The molecule has 1 unspecified atom stereocenters. The van der Waals surface area contributed by atoms with E-state index < -0.39 is 12.0 Å². The Bertz CT molecular complexity index is 986. The Labute approximate surface area is 175 Å². The second-order valence-corrected chi connectivity index (χ2v) is 8.03. The minimum atomic E-state index is -0.773. The van der Waals surface area contributed by atoms with Crippen LogP contribution < -0.4 is 4.90 Å². The molecule has 1 saturated heterocycles. The smallest absolute Gasteiger partial charge is 0.261 e. The molecule has 2 aliphatic heterocycles. The molecule has 2 aliphatic rings. The van der Waals surface area contributed by atoms with Gasteiger partial charge >= 0.3 is 0 Å². The molecule has 30 heavy (non-hydrogen) atoms. The lowest BCUT2D eigenvalue weighted by atomic mass is 10.0. The summed E-state index contributed by atoms with van der Waals surface area (Å²) in [6, 6.07) is 9.63. The summed E-state index contributed by atoms with van der Waals surface area (Å²) in [7, 11) is 2.03. The van der Waals surface area contributed by atoms with Crippen molar-refractivity contribution in [2.24, 2.45) is 0 Å². The quantitative estimate of drug-likeness (QED) is 0.776. The third-order valence-electron chi connectivity index (χ3n) is 5.92. The first-order chi connectivity index (χ1) is 14.3. The number of piperazine rings is 1. The van der Waals surface area contributed by atoms with E-state index in [9.17, 15) is 14.0 Å². The Morgan fingerprint density at radius 2 is 1.80 bits per heavy atom. The van der Waals surface area contributed by atoms with Crippen LogP contribution in [0.5, 0.6) is 0 Å². The van der Waals surface area contributed by atoms with Crippen LogP contribution in [0.3, 0.4) is 0 Å². The van der Waals surface area contributed by atoms with E-state index in [2.05, 4.69) is 4.90 Å². The van der Waals surface area contributed by atoms with Gasteiger partial charge in [-0.25, -0.2) is 4.39 Å². The van der Waals surface area contributed by atoms with E-state index >= 15 is 0 Å². The maximum Gasteiger partial charge on any atom is 0.261 e. The van der Waals surface area contributed by atoms with Gasteiger partial charge in [-0.2, -0.15) is 0 Å². The number of halogens is 1. The van der Waals surface area contributed by atoms with E-state index in [1.54, 1.807) is 17.0 Å². The largest absolute Gasteiger partial charge is 0.344 e. The maximum atomic E-state index is 13.9. The highest BCUT2D eigenvalue weighted by atomic mass is 19.1. The molecular weight excluding hydrogens is 385 g/mol. The zero-order chi connectivity index (χ0) is 21.4. The van der Waals surface area contributed by atoms with Gasteiger partial charge < -0.3 is 14.5 Å². The molecule has 2 heterocycles. The van der Waals surface area contributed by atoms with Crippen LogP contribution in [0.15, 0.2) is 36.4 Å². The molecule has 4 rings (SSSR count). The molecule has 0 aromatic heterocycles. The standard InChI is InChI=1S/C23H26FN3O3/c1-15-11-19-20(12-16(15)2)23(27(22(19)29)18-6-4-5-17(24)13-18)30-14-21(28)26-9-7-25(3)8-10-26/h4-6,11-13,23H,7-10,14H2,1-3H3. The topological polar surface area (TPSA) is 53.1 Å². The summed E-state index contributed by atoms with van der Waals surface area (Å²) < 4.78 is 19.9. The average Bonchev–Trinajstić information content (AvgIpc) is 2.98. The molecule has 158 valence electrons. The minimum absolute atomic E-state index is 0.105. The Hall–Kier alpha value is -2.77. The highest BCUT2D eigenvalue weighted by molar-refractivity contribution is 6.11. The number of ether oxygens (including phenoxy) is 1. The summed E-state index contributed by atoms with van der Waals surface area (Å²) in [5.41, 5.74) is 3.67. The second kappa shape index (κ2) is 8.16. The van der Waals surface area contributed by atoms with Crippen LogP contribution in [0.1, 0.15) is 33.3 Å². The van der Waals surface area contributed by atoms with Gasteiger partial charge in [0.2, 0.25) is 5.91 Å². The zero-order valence-corrected chi connectivity index (χ0v) is 17.5. The van der Waals surface area contributed by atoms with Crippen LogP contribution in [0, 0.1) is 19.7 Å². The molecular formula is C23H26FN3O3. The normalized spacial score (nSPS) is 19.3. The molecule has 2 aromatic rings. The van der Waals surface area contributed by atoms with Crippen molar-refractivity contribution >= 4 is 17.5 Å². The molecule has 1 atom stereocenters. The van der Waals surface area contributed by atoms with Crippen LogP contribution in [-0.4, -0.2) is 61.4 Å². The van der Waals surface area contributed by atoms with Gasteiger partial charge in [-0.1, -0.05) is 12.1 Å². The van der Waals surface area contributed by atoms with E-state index in [4.69, 9.17) is 4.74 Å². The van der Waals surface area contributed by atoms with Crippen molar-refractivity contribution in [3.05, 3.63) is 64.5 Å². The molecule has 6 nitrogen and oxygen atoms in total. The summed E-state index contributed by atoms with van der Waals surface area (Å²) in [4.78, 5) is 31.3. The molecule has 7 heteroatoms. The fourth-order valence-corrected chi connectivity index (χ4v) is 3.94. The van der Waals surface area contributed by atoms with Gasteiger partial charge in [-0.15, -0.1) is 0 Å². The number of carbonyl (C=O) groups excluding carboxylic acids is 2. The number of anilines is 1. The third kappa shape index (κ3) is 3.82. The SMILES string of the molecule is Cc1cc2c(cc1C)C(OCC(=O)N1CCN(C)CC1)N(c1cccc(F)c1)C2=O. The molecule has 2 aromatic carbocycles. The molecule has 0 aliphatic carbocycles. The lowest BCUT2D eigenvalue weighted by Gasteiger charge is -2.33. The van der Waals surface area contributed by atoms with Crippen molar-refractivity contribution in [2.75, 3.05) is 44.7 Å². The summed E-state index contributed by atoms with van der Waals surface area (Å²) in [5, 5.41) is 0. The number of carbonyl (C=O) groups is 2.